The van der Waals surface area contributed by atoms with Crippen LogP contribution in [0.4, 0.5) is 0 Å². The van der Waals surface area contributed by atoms with Crippen molar-refractivity contribution >= 4 is 11.8 Å². The molecule has 0 bridgehead atoms. The third-order valence-corrected chi connectivity index (χ3v) is 4.48. The molecular formula is C18H21N5O2. The molecule has 3 rings (SSSR count). The number of benzene rings is 1. The number of amides is 2. The van der Waals surface area contributed by atoms with Crippen molar-refractivity contribution in [1.29, 1.82) is 0 Å². The molecule has 2 aromatic rings. The lowest BCUT2D eigenvalue weighted by Gasteiger charge is -2.22. The molecule has 5 N–H and O–H groups in total. The Morgan fingerprint density at radius 1 is 1.16 bits per heavy atom. The van der Waals surface area contributed by atoms with Gasteiger partial charge in [-0.15, -0.1) is 0 Å². The van der Waals surface area contributed by atoms with Crippen LogP contribution in [0, 0.1) is 5.92 Å². The van der Waals surface area contributed by atoms with E-state index in [0.29, 0.717) is 11.1 Å². The first-order chi connectivity index (χ1) is 12.1. The highest BCUT2D eigenvalue weighted by Crippen LogP contribution is 2.29. The summed E-state index contributed by atoms with van der Waals surface area (Å²) in [5, 5.41) is 2.98. The molecule has 130 valence electrons. The summed E-state index contributed by atoms with van der Waals surface area (Å²) in [5.74, 6) is -0.638. The van der Waals surface area contributed by atoms with Crippen LogP contribution >= 0.6 is 0 Å². The molecule has 1 fully saturated rings. The molecule has 1 aliphatic heterocycles. The first-order valence-electron chi connectivity index (χ1n) is 8.22. The van der Waals surface area contributed by atoms with Crippen molar-refractivity contribution < 1.29 is 9.59 Å². The molecule has 2 amide bonds. The number of nitrogens with one attached hydrogen (secondary N) is 3. The Kier molecular flexibility index (Phi) is 5.06. The zero-order chi connectivity index (χ0) is 17.8. The second-order valence-electron chi connectivity index (χ2n) is 6.02. The first-order valence-corrected chi connectivity index (χ1v) is 8.22. The van der Waals surface area contributed by atoms with Crippen LogP contribution in [0.1, 0.15) is 45.7 Å². The van der Waals surface area contributed by atoms with Gasteiger partial charge in [-0.3, -0.25) is 14.6 Å². The molecule has 1 aromatic heterocycles. The second-order valence-corrected chi connectivity index (χ2v) is 6.02. The van der Waals surface area contributed by atoms with E-state index < -0.39 is 5.91 Å². The number of hydrogen-bond acceptors (Lipinski definition) is 5. The molecule has 1 saturated heterocycles. The minimum atomic E-state index is -0.556. The van der Waals surface area contributed by atoms with Gasteiger partial charge < -0.3 is 11.1 Å². The third kappa shape index (κ3) is 3.67. The van der Waals surface area contributed by atoms with E-state index >= 15 is 0 Å². The molecule has 1 aliphatic rings. The van der Waals surface area contributed by atoms with Gasteiger partial charge in [-0.05, 0) is 42.3 Å². The number of nitrogens with two attached hydrogens (primary N) is 1. The van der Waals surface area contributed by atoms with Crippen LogP contribution in [-0.2, 0) is 0 Å². The Morgan fingerprint density at radius 3 is 2.56 bits per heavy atom. The number of carbonyl (C=O) groups is 2. The Hall–Kier alpha value is -2.77. The summed E-state index contributed by atoms with van der Waals surface area (Å²) in [6, 6.07) is 10.4. The zero-order valence-electron chi connectivity index (χ0n) is 13.9. The van der Waals surface area contributed by atoms with Gasteiger partial charge in [0.15, 0.2) is 0 Å². The Balaban J connectivity index is 1.73. The van der Waals surface area contributed by atoms with Crippen molar-refractivity contribution in [2.45, 2.75) is 25.6 Å². The van der Waals surface area contributed by atoms with Gasteiger partial charge >= 0.3 is 0 Å². The van der Waals surface area contributed by atoms with Crippen molar-refractivity contribution in [3.8, 4) is 0 Å². The van der Waals surface area contributed by atoms with Crippen molar-refractivity contribution in [3.05, 3.63) is 65.5 Å². The number of rotatable bonds is 5. The number of pyridine rings is 1. The summed E-state index contributed by atoms with van der Waals surface area (Å²) in [4.78, 5) is 27.9. The lowest BCUT2D eigenvalue weighted by Crippen LogP contribution is -2.46. The highest BCUT2D eigenvalue weighted by molar-refractivity contribution is 5.99. The van der Waals surface area contributed by atoms with Gasteiger partial charge in [-0.25, -0.2) is 10.9 Å². The Bertz CT molecular complexity index is 765. The largest absolute Gasteiger partial charge is 0.366 e. The van der Waals surface area contributed by atoms with Crippen molar-refractivity contribution in [3.63, 3.8) is 0 Å². The minimum Gasteiger partial charge on any atom is -0.366 e. The number of hydrazine groups is 1. The zero-order valence-corrected chi connectivity index (χ0v) is 13.9. The van der Waals surface area contributed by atoms with Crippen LogP contribution in [0.15, 0.2) is 48.8 Å². The van der Waals surface area contributed by atoms with E-state index in [9.17, 15) is 9.59 Å². The molecule has 7 heteroatoms. The van der Waals surface area contributed by atoms with E-state index in [1.165, 1.54) is 6.07 Å². The van der Waals surface area contributed by atoms with Crippen molar-refractivity contribution in [1.82, 2.24) is 21.2 Å². The predicted octanol–water partition coefficient (Wildman–Crippen LogP) is 1.11. The van der Waals surface area contributed by atoms with E-state index in [1.54, 1.807) is 30.6 Å². The summed E-state index contributed by atoms with van der Waals surface area (Å²) in [6.45, 7) is 2.08. The molecule has 0 saturated carbocycles. The van der Waals surface area contributed by atoms with E-state index in [-0.39, 0.29) is 24.0 Å². The summed E-state index contributed by atoms with van der Waals surface area (Å²) in [6.07, 6.45) is 4.16. The number of aromatic nitrogens is 1. The SMILES string of the molecule is CCC1C(NC(=O)c2cccc(C(N)=O)c2)NNC1c1ccncc1. The highest BCUT2D eigenvalue weighted by Gasteiger charge is 2.36. The monoisotopic (exact) mass is 339 g/mol. The topological polar surface area (TPSA) is 109 Å². The molecule has 0 radical (unpaired) electrons. The van der Waals surface area contributed by atoms with Crippen LogP contribution in [0.2, 0.25) is 0 Å². The normalized spacial score (nSPS) is 22.5. The molecule has 2 heterocycles. The molecule has 1 aromatic carbocycles. The van der Waals surface area contributed by atoms with Crippen LogP contribution in [-0.4, -0.2) is 23.0 Å². The first kappa shape index (κ1) is 17.1. The molecule has 3 unspecified atom stereocenters. The average molecular weight is 339 g/mol. The fourth-order valence-corrected chi connectivity index (χ4v) is 3.14. The molecule has 25 heavy (non-hydrogen) atoms. The molecular weight excluding hydrogens is 318 g/mol. The van der Waals surface area contributed by atoms with Gasteiger partial charge in [0.25, 0.3) is 5.91 Å². The van der Waals surface area contributed by atoms with Crippen LogP contribution in [0.5, 0.6) is 0 Å². The standard InChI is InChI=1S/C18H21N5O2/c1-2-14-15(11-6-8-20-9-7-11)22-23-17(14)21-18(25)13-5-3-4-12(10-13)16(19)24/h3-10,14-15,17,22-23H,2H2,1H3,(H2,19,24)(H,21,25). The second kappa shape index (κ2) is 7.42. The molecule has 0 aliphatic carbocycles. The quantitative estimate of drug-likeness (QED) is 0.652. The van der Waals surface area contributed by atoms with E-state index in [1.807, 2.05) is 12.1 Å². The maximum Gasteiger partial charge on any atom is 0.252 e. The number of primary amides is 1. The Morgan fingerprint density at radius 2 is 1.88 bits per heavy atom. The van der Waals surface area contributed by atoms with E-state index in [0.717, 1.165) is 12.0 Å². The van der Waals surface area contributed by atoms with Crippen LogP contribution < -0.4 is 21.9 Å². The van der Waals surface area contributed by atoms with Crippen molar-refractivity contribution in [2.24, 2.45) is 11.7 Å². The lowest BCUT2D eigenvalue weighted by atomic mass is 9.91. The van der Waals surface area contributed by atoms with Gasteiger partial charge in [0.05, 0.1) is 12.2 Å². The number of nitrogens with zero attached hydrogens (tertiary/aromatic N) is 1. The average Bonchev–Trinajstić information content (AvgIpc) is 3.05. The predicted molar refractivity (Wildman–Crippen MR) is 93.2 cm³/mol. The maximum atomic E-state index is 12.5. The van der Waals surface area contributed by atoms with Crippen LogP contribution in [0.3, 0.4) is 0 Å². The van der Waals surface area contributed by atoms with E-state index in [4.69, 9.17) is 5.73 Å². The van der Waals surface area contributed by atoms with Gasteiger partial charge in [0.2, 0.25) is 5.91 Å². The molecule has 7 nitrogen and oxygen atoms in total. The van der Waals surface area contributed by atoms with Gasteiger partial charge in [-0.1, -0.05) is 13.0 Å². The molecule has 3 atom stereocenters. The maximum absolute atomic E-state index is 12.5. The van der Waals surface area contributed by atoms with Gasteiger partial charge in [-0.2, -0.15) is 0 Å². The lowest BCUT2D eigenvalue weighted by molar-refractivity contribution is 0.0920. The summed E-state index contributed by atoms with van der Waals surface area (Å²) >= 11 is 0. The fourth-order valence-electron chi connectivity index (χ4n) is 3.14. The number of carbonyl (C=O) groups excluding carboxylic acids is 2. The third-order valence-electron chi connectivity index (χ3n) is 4.48. The summed E-state index contributed by atoms with van der Waals surface area (Å²) in [5.41, 5.74) is 13.5. The van der Waals surface area contributed by atoms with Gasteiger partial charge in [0.1, 0.15) is 0 Å². The van der Waals surface area contributed by atoms with E-state index in [2.05, 4.69) is 28.1 Å². The molecule has 0 spiro atoms. The fraction of sp³-hybridized carbons (Fsp3) is 0.278. The van der Waals surface area contributed by atoms with Gasteiger partial charge in [0, 0.05) is 29.4 Å². The minimum absolute atomic E-state index is 0.0789. The summed E-state index contributed by atoms with van der Waals surface area (Å²) < 4.78 is 0. The van der Waals surface area contributed by atoms with Crippen LogP contribution in [0.25, 0.3) is 0 Å². The highest BCUT2D eigenvalue weighted by atomic mass is 16.2. The smallest absolute Gasteiger partial charge is 0.252 e. The summed E-state index contributed by atoms with van der Waals surface area (Å²) in [7, 11) is 0. The van der Waals surface area contributed by atoms with Crippen molar-refractivity contribution in [2.75, 3.05) is 0 Å². The number of hydrogen-bond donors (Lipinski definition) is 4. The Labute approximate surface area is 146 Å².